The molecule has 2 heterocycles. The molecular formula is C23H35N3O3. The van der Waals surface area contributed by atoms with Crippen LogP contribution >= 0.6 is 0 Å². The summed E-state index contributed by atoms with van der Waals surface area (Å²) in [5.74, 6) is 0.0482. The van der Waals surface area contributed by atoms with Gasteiger partial charge in [-0.1, -0.05) is 31.4 Å². The second kappa shape index (κ2) is 10.0. The van der Waals surface area contributed by atoms with Crippen LogP contribution in [0, 0.1) is 0 Å². The first-order valence-electron chi connectivity index (χ1n) is 11.3. The third-order valence-electron chi connectivity index (χ3n) is 6.74. The minimum absolute atomic E-state index is 0.0482. The van der Waals surface area contributed by atoms with Gasteiger partial charge in [-0.05, 0) is 30.5 Å². The highest BCUT2D eigenvalue weighted by atomic mass is 16.5. The maximum absolute atomic E-state index is 13.0. The van der Waals surface area contributed by atoms with E-state index in [0.717, 1.165) is 71.3 Å². The molecule has 29 heavy (non-hydrogen) atoms. The lowest BCUT2D eigenvalue weighted by Crippen LogP contribution is -2.59. The number of nitrogens with one attached hydrogen (secondary N) is 1. The highest BCUT2D eigenvalue weighted by Crippen LogP contribution is 2.34. The molecule has 1 aromatic rings. The van der Waals surface area contributed by atoms with Crippen LogP contribution in [0.3, 0.4) is 0 Å². The number of hydrogen-bond acceptors (Lipinski definition) is 5. The van der Waals surface area contributed by atoms with Gasteiger partial charge < -0.3 is 14.8 Å². The van der Waals surface area contributed by atoms with Gasteiger partial charge in [0, 0.05) is 50.4 Å². The van der Waals surface area contributed by atoms with Gasteiger partial charge in [0.1, 0.15) is 0 Å². The van der Waals surface area contributed by atoms with Gasteiger partial charge in [-0.2, -0.15) is 0 Å². The summed E-state index contributed by atoms with van der Waals surface area (Å²) in [5, 5.41) is 3.28. The fourth-order valence-electron chi connectivity index (χ4n) is 5.03. The van der Waals surface area contributed by atoms with Crippen molar-refractivity contribution in [2.75, 3.05) is 59.2 Å². The van der Waals surface area contributed by atoms with Crippen LogP contribution in [0.2, 0.25) is 0 Å². The van der Waals surface area contributed by atoms with Gasteiger partial charge in [0.25, 0.3) is 5.91 Å². The number of morpholine rings is 2. The Bertz CT molecular complexity index is 663. The predicted octanol–water partition coefficient (Wildman–Crippen LogP) is 2.28. The molecule has 1 aliphatic carbocycles. The largest absolute Gasteiger partial charge is 0.379 e. The Morgan fingerprint density at radius 2 is 1.66 bits per heavy atom. The fraction of sp³-hybridized carbons (Fsp3) is 0.696. The number of hydrogen-bond donors (Lipinski definition) is 1. The zero-order chi connectivity index (χ0) is 19.9. The summed E-state index contributed by atoms with van der Waals surface area (Å²) in [4.78, 5) is 17.9. The fourth-order valence-corrected chi connectivity index (χ4v) is 5.03. The van der Waals surface area contributed by atoms with Gasteiger partial charge in [0.15, 0.2) is 0 Å². The lowest BCUT2D eigenvalue weighted by Gasteiger charge is -2.48. The van der Waals surface area contributed by atoms with E-state index in [2.05, 4.69) is 21.2 Å². The van der Waals surface area contributed by atoms with Crippen molar-refractivity contribution in [3.8, 4) is 0 Å². The SMILES string of the molecule is O=C(NCC1(N2CCOCC2)CCCCC1)c1cccc(CN2CCOCC2)c1. The van der Waals surface area contributed by atoms with E-state index in [1.54, 1.807) is 0 Å². The molecule has 0 spiro atoms. The van der Waals surface area contributed by atoms with Crippen LogP contribution < -0.4 is 5.32 Å². The molecule has 3 aliphatic rings. The first kappa shape index (κ1) is 20.8. The van der Waals surface area contributed by atoms with Crippen molar-refractivity contribution in [3.05, 3.63) is 35.4 Å². The minimum Gasteiger partial charge on any atom is -0.379 e. The summed E-state index contributed by atoms with van der Waals surface area (Å²) < 4.78 is 11.0. The van der Waals surface area contributed by atoms with Crippen molar-refractivity contribution in [1.82, 2.24) is 15.1 Å². The number of ether oxygens (including phenoxy) is 2. The van der Waals surface area contributed by atoms with Crippen molar-refractivity contribution in [2.45, 2.75) is 44.2 Å². The third-order valence-corrected chi connectivity index (χ3v) is 6.74. The monoisotopic (exact) mass is 401 g/mol. The molecule has 3 fully saturated rings. The Morgan fingerprint density at radius 3 is 2.38 bits per heavy atom. The molecule has 1 N–H and O–H groups in total. The van der Waals surface area contributed by atoms with E-state index < -0.39 is 0 Å². The minimum atomic E-state index is 0.0482. The molecule has 0 unspecified atom stereocenters. The van der Waals surface area contributed by atoms with E-state index in [9.17, 15) is 4.79 Å². The molecule has 1 amide bonds. The van der Waals surface area contributed by atoms with Crippen molar-refractivity contribution in [3.63, 3.8) is 0 Å². The summed E-state index contributed by atoms with van der Waals surface area (Å²) >= 11 is 0. The molecule has 6 heteroatoms. The van der Waals surface area contributed by atoms with Gasteiger partial charge in [-0.15, -0.1) is 0 Å². The lowest BCUT2D eigenvalue weighted by atomic mass is 9.79. The quantitative estimate of drug-likeness (QED) is 0.793. The Labute approximate surface area is 174 Å². The maximum atomic E-state index is 13.0. The zero-order valence-electron chi connectivity index (χ0n) is 17.5. The number of carbonyl (C=O) groups excluding carboxylic acids is 1. The van der Waals surface area contributed by atoms with E-state index >= 15 is 0 Å². The molecule has 2 saturated heterocycles. The normalized spacial score (nSPS) is 23.6. The first-order chi connectivity index (χ1) is 14.3. The zero-order valence-corrected chi connectivity index (χ0v) is 17.5. The van der Waals surface area contributed by atoms with Crippen LogP contribution in [0.25, 0.3) is 0 Å². The summed E-state index contributed by atoms with van der Waals surface area (Å²) in [6.45, 7) is 8.68. The van der Waals surface area contributed by atoms with Gasteiger partial charge >= 0.3 is 0 Å². The van der Waals surface area contributed by atoms with Crippen molar-refractivity contribution in [1.29, 1.82) is 0 Å². The van der Waals surface area contributed by atoms with Crippen LogP contribution in [0.4, 0.5) is 0 Å². The molecule has 160 valence electrons. The van der Waals surface area contributed by atoms with Crippen molar-refractivity contribution in [2.24, 2.45) is 0 Å². The molecule has 1 aromatic carbocycles. The van der Waals surface area contributed by atoms with E-state index in [1.165, 1.54) is 37.7 Å². The molecule has 0 atom stereocenters. The molecule has 0 aromatic heterocycles. The topological polar surface area (TPSA) is 54.0 Å². The molecular weight excluding hydrogens is 366 g/mol. The molecule has 6 nitrogen and oxygen atoms in total. The number of amides is 1. The number of carbonyl (C=O) groups is 1. The van der Waals surface area contributed by atoms with Crippen molar-refractivity contribution < 1.29 is 14.3 Å². The summed E-state index contributed by atoms with van der Waals surface area (Å²) in [7, 11) is 0. The van der Waals surface area contributed by atoms with E-state index in [-0.39, 0.29) is 11.4 Å². The van der Waals surface area contributed by atoms with Gasteiger partial charge in [-0.25, -0.2) is 0 Å². The number of nitrogens with zero attached hydrogens (tertiary/aromatic N) is 2. The lowest BCUT2D eigenvalue weighted by molar-refractivity contribution is -0.0361. The van der Waals surface area contributed by atoms with E-state index in [1.807, 2.05) is 18.2 Å². The third kappa shape index (κ3) is 5.37. The smallest absolute Gasteiger partial charge is 0.251 e. The standard InChI is InChI=1S/C23H35N3O3/c27-22(21-6-4-5-20(17-21)18-25-9-13-28-14-10-25)24-19-23(7-2-1-3-8-23)26-11-15-29-16-12-26/h4-6,17H,1-3,7-16,18-19H2,(H,24,27). The van der Waals surface area contributed by atoms with Crippen molar-refractivity contribution >= 4 is 5.91 Å². The molecule has 1 saturated carbocycles. The van der Waals surface area contributed by atoms with E-state index in [0.29, 0.717) is 0 Å². The second-order valence-corrected chi connectivity index (χ2v) is 8.66. The molecule has 2 aliphatic heterocycles. The van der Waals surface area contributed by atoms with Crippen LogP contribution in [-0.4, -0.2) is 80.4 Å². The summed E-state index contributed by atoms with van der Waals surface area (Å²) in [6, 6.07) is 8.10. The average Bonchev–Trinajstić information content (AvgIpc) is 2.79. The van der Waals surface area contributed by atoms with Gasteiger partial charge in [0.05, 0.1) is 26.4 Å². The summed E-state index contributed by atoms with van der Waals surface area (Å²) in [6.07, 6.45) is 6.16. The number of rotatable bonds is 6. The Kier molecular flexibility index (Phi) is 7.19. The Balaban J connectivity index is 1.38. The highest BCUT2D eigenvalue weighted by Gasteiger charge is 2.38. The average molecular weight is 402 g/mol. The van der Waals surface area contributed by atoms with Crippen LogP contribution in [0.5, 0.6) is 0 Å². The molecule has 0 bridgehead atoms. The maximum Gasteiger partial charge on any atom is 0.251 e. The second-order valence-electron chi connectivity index (χ2n) is 8.66. The van der Waals surface area contributed by atoms with Crippen LogP contribution in [0.15, 0.2) is 24.3 Å². The highest BCUT2D eigenvalue weighted by molar-refractivity contribution is 5.94. The molecule has 4 rings (SSSR count). The van der Waals surface area contributed by atoms with Gasteiger partial charge in [-0.3, -0.25) is 14.6 Å². The van der Waals surface area contributed by atoms with Gasteiger partial charge in [0.2, 0.25) is 0 Å². The number of benzene rings is 1. The Morgan fingerprint density at radius 1 is 0.966 bits per heavy atom. The van der Waals surface area contributed by atoms with Crippen LogP contribution in [0.1, 0.15) is 48.0 Å². The van der Waals surface area contributed by atoms with Crippen LogP contribution in [-0.2, 0) is 16.0 Å². The summed E-state index contributed by atoms with van der Waals surface area (Å²) in [5.41, 5.74) is 2.06. The predicted molar refractivity (Wildman–Crippen MR) is 113 cm³/mol. The van der Waals surface area contributed by atoms with E-state index in [4.69, 9.17) is 9.47 Å². The molecule has 0 radical (unpaired) electrons. The first-order valence-corrected chi connectivity index (χ1v) is 11.3. The Hall–Kier alpha value is -1.47.